The predicted molar refractivity (Wildman–Crippen MR) is 91.1 cm³/mol. The van der Waals surface area contributed by atoms with Crippen molar-refractivity contribution in [1.29, 1.82) is 0 Å². The first-order valence-corrected chi connectivity index (χ1v) is 7.92. The van der Waals surface area contributed by atoms with Crippen molar-refractivity contribution in [1.82, 2.24) is 15.1 Å². The highest BCUT2D eigenvalue weighted by Crippen LogP contribution is 2.23. The molecule has 0 aliphatic heterocycles. The molecule has 0 saturated heterocycles. The summed E-state index contributed by atoms with van der Waals surface area (Å²) in [5.74, 6) is -1.28. The van der Waals surface area contributed by atoms with Crippen LogP contribution in [0.3, 0.4) is 0 Å². The lowest BCUT2D eigenvalue weighted by Gasteiger charge is -2.25. The molecular weight excluding hydrogens is 306 g/mol. The van der Waals surface area contributed by atoms with Gasteiger partial charge in [-0.25, -0.2) is 0 Å². The van der Waals surface area contributed by atoms with Gasteiger partial charge in [0.25, 0.3) is 5.91 Å². The van der Waals surface area contributed by atoms with E-state index in [1.54, 1.807) is 42.8 Å². The number of nitrogens with one attached hydrogen (secondary N) is 1. The fraction of sp³-hybridized carbons (Fsp3) is 0.389. The summed E-state index contributed by atoms with van der Waals surface area (Å²) in [5, 5.41) is 16.7. The van der Waals surface area contributed by atoms with Crippen LogP contribution in [0, 0.1) is 13.8 Å². The Morgan fingerprint density at radius 1 is 1.25 bits per heavy atom. The summed E-state index contributed by atoms with van der Waals surface area (Å²) in [6.45, 7) is 7.87. The lowest BCUT2D eigenvalue weighted by molar-refractivity contribution is -0.142. The van der Waals surface area contributed by atoms with Gasteiger partial charge in [-0.1, -0.05) is 30.3 Å². The minimum absolute atomic E-state index is 0.00135. The molecule has 6 heteroatoms. The van der Waals surface area contributed by atoms with Crippen LogP contribution in [0.2, 0.25) is 0 Å². The van der Waals surface area contributed by atoms with Gasteiger partial charge in [-0.3, -0.25) is 14.3 Å². The van der Waals surface area contributed by atoms with E-state index >= 15 is 0 Å². The van der Waals surface area contributed by atoms with E-state index in [0.717, 1.165) is 5.69 Å². The largest absolute Gasteiger partial charge is 0.481 e. The van der Waals surface area contributed by atoms with Crippen LogP contribution in [0.15, 0.2) is 30.3 Å². The van der Waals surface area contributed by atoms with Crippen molar-refractivity contribution < 1.29 is 14.7 Å². The standard InChI is InChI=1S/C18H23N3O3/c1-5-21-13(3)15(12(2)20-21)16(22)19-11-18(4,17(23)24)14-9-7-6-8-10-14/h6-10H,5,11H2,1-4H3,(H,19,22)(H,23,24). The number of nitrogens with zero attached hydrogens (tertiary/aromatic N) is 2. The fourth-order valence-corrected chi connectivity index (χ4v) is 2.79. The summed E-state index contributed by atoms with van der Waals surface area (Å²) in [6.07, 6.45) is 0. The number of aliphatic carboxylic acids is 1. The molecule has 1 unspecified atom stereocenters. The Hall–Kier alpha value is -2.63. The molecule has 2 N–H and O–H groups in total. The number of aromatic nitrogens is 2. The van der Waals surface area contributed by atoms with Crippen LogP contribution in [0.4, 0.5) is 0 Å². The van der Waals surface area contributed by atoms with Crippen LogP contribution in [-0.4, -0.2) is 33.3 Å². The van der Waals surface area contributed by atoms with Crippen LogP contribution in [0.25, 0.3) is 0 Å². The number of rotatable bonds is 6. The molecule has 6 nitrogen and oxygen atoms in total. The van der Waals surface area contributed by atoms with Gasteiger partial charge in [-0.2, -0.15) is 5.10 Å². The predicted octanol–water partition coefficient (Wildman–Crippen LogP) is 2.29. The highest BCUT2D eigenvalue weighted by atomic mass is 16.4. The first-order valence-electron chi connectivity index (χ1n) is 7.92. The zero-order chi connectivity index (χ0) is 17.9. The van der Waals surface area contributed by atoms with Gasteiger partial charge >= 0.3 is 5.97 Å². The Bertz CT molecular complexity index is 752. The highest BCUT2D eigenvalue weighted by Gasteiger charge is 2.36. The van der Waals surface area contributed by atoms with Gasteiger partial charge in [0.1, 0.15) is 5.41 Å². The molecule has 1 atom stereocenters. The third kappa shape index (κ3) is 3.18. The number of carbonyl (C=O) groups excluding carboxylic acids is 1. The molecule has 0 aliphatic rings. The second-order valence-corrected chi connectivity index (χ2v) is 6.05. The number of aryl methyl sites for hydroxylation is 2. The van der Waals surface area contributed by atoms with E-state index in [9.17, 15) is 14.7 Å². The average Bonchev–Trinajstić information content (AvgIpc) is 2.86. The molecule has 24 heavy (non-hydrogen) atoms. The monoisotopic (exact) mass is 329 g/mol. The molecule has 1 aromatic carbocycles. The van der Waals surface area contributed by atoms with Gasteiger partial charge in [-0.05, 0) is 33.3 Å². The molecule has 1 heterocycles. The van der Waals surface area contributed by atoms with E-state index < -0.39 is 11.4 Å². The van der Waals surface area contributed by atoms with Gasteiger partial charge in [0.05, 0.1) is 11.3 Å². The van der Waals surface area contributed by atoms with Crippen molar-refractivity contribution in [3.63, 3.8) is 0 Å². The minimum Gasteiger partial charge on any atom is -0.481 e. The van der Waals surface area contributed by atoms with Gasteiger partial charge in [0.2, 0.25) is 0 Å². The van der Waals surface area contributed by atoms with Crippen molar-refractivity contribution in [3.8, 4) is 0 Å². The second kappa shape index (κ2) is 6.86. The lowest BCUT2D eigenvalue weighted by atomic mass is 9.82. The smallest absolute Gasteiger partial charge is 0.315 e. The molecular formula is C18H23N3O3. The second-order valence-electron chi connectivity index (χ2n) is 6.05. The number of amides is 1. The average molecular weight is 329 g/mol. The maximum Gasteiger partial charge on any atom is 0.315 e. The summed E-state index contributed by atoms with van der Waals surface area (Å²) >= 11 is 0. The molecule has 1 aromatic heterocycles. The number of carboxylic acid groups (broad SMARTS) is 1. The summed E-state index contributed by atoms with van der Waals surface area (Å²) < 4.78 is 1.76. The molecule has 0 fully saturated rings. The zero-order valence-electron chi connectivity index (χ0n) is 14.5. The summed E-state index contributed by atoms with van der Waals surface area (Å²) in [6, 6.07) is 8.92. The normalized spacial score (nSPS) is 13.3. The quantitative estimate of drug-likeness (QED) is 0.851. The third-order valence-electron chi connectivity index (χ3n) is 4.39. The van der Waals surface area contributed by atoms with Crippen LogP contribution < -0.4 is 5.32 Å². The molecule has 1 amide bonds. The zero-order valence-corrected chi connectivity index (χ0v) is 14.5. The van der Waals surface area contributed by atoms with E-state index in [1.165, 1.54) is 0 Å². The minimum atomic E-state index is -1.19. The van der Waals surface area contributed by atoms with Gasteiger partial charge < -0.3 is 10.4 Å². The molecule has 0 spiro atoms. The molecule has 128 valence electrons. The van der Waals surface area contributed by atoms with Crippen molar-refractivity contribution in [2.24, 2.45) is 0 Å². The van der Waals surface area contributed by atoms with Crippen molar-refractivity contribution in [2.75, 3.05) is 6.54 Å². The van der Waals surface area contributed by atoms with Crippen molar-refractivity contribution in [3.05, 3.63) is 52.8 Å². The summed E-state index contributed by atoms with van der Waals surface area (Å²) in [7, 11) is 0. The first kappa shape index (κ1) is 17.7. The van der Waals surface area contributed by atoms with E-state index in [2.05, 4.69) is 10.4 Å². The number of carboxylic acids is 1. The van der Waals surface area contributed by atoms with Crippen molar-refractivity contribution in [2.45, 2.75) is 39.7 Å². The van der Waals surface area contributed by atoms with Crippen LogP contribution in [0.5, 0.6) is 0 Å². The molecule has 2 aromatic rings. The number of hydrogen-bond acceptors (Lipinski definition) is 3. The van der Waals surface area contributed by atoms with E-state index in [1.807, 2.05) is 19.9 Å². The SMILES string of the molecule is CCn1nc(C)c(C(=O)NCC(C)(C(=O)O)c2ccccc2)c1C. The van der Waals surface area contributed by atoms with Gasteiger partial charge in [-0.15, -0.1) is 0 Å². The first-order chi connectivity index (χ1) is 11.3. The fourth-order valence-electron chi connectivity index (χ4n) is 2.79. The maximum absolute atomic E-state index is 12.6. The van der Waals surface area contributed by atoms with Crippen LogP contribution in [-0.2, 0) is 16.8 Å². The highest BCUT2D eigenvalue weighted by molar-refractivity contribution is 5.97. The Labute approximate surface area is 141 Å². The van der Waals surface area contributed by atoms with Gasteiger partial charge in [0.15, 0.2) is 0 Å². The summed E-state index contributed by atoms with van der Waals surface area (Å²) in [4.78, 5) is 24.3. The van der Waals surface area contributed by atoms with E-state index in [0.29, 0.717) is 23.4 Å². The lowest BCUT2D eigenvalue weighted by Crippen LogP contribution is -2.44. The number of carbonyl (C=O) groups is 2. The third-order valence-corrected chi connectivity index (χ3v) is 4.39. The Balaban J connectivity index is 2.23. The molecule has 0 saturated carbocycles. The number of benzene rings is 1. The van der Waals surface area contributed by atoms with Crippen molar-refractivity contribution >= 4 is 11.9 Å². The van der Waals surface area contributed by atoms with Crippen LogP contribution >= 0.6 is 0 Å². The van der Waals surface area contributed by atoms with Gasteiger partial charge in [0, 0.05) is 18.8 Å². The Morgan fingerprint density at radius 2 is 1.88 bits per heavy atom. The Kier molecular flexibility index (Phi) is 5.07. The van der Waals surface area contributed by atoms with E-state index in [-0.39, 0.29) is 12.5 Å². The maximum atomic E-state index is 12.6. The Morgan fingerprint density at radius 3 is 2.38 bits per heavy atom. The molecule has 0 aliphatic carbocycles. The molecule has 2 rings (SSSR count). The summed E-state index contributed by atoms with van der Waals surface area (Å²) in [5.41, 5.74) is 1.39. The van der Waals surface area contributed by atoms with Crippen LogP contribution in [0.1, 0.15) is 41.2 Å². The topological polar surface area (TPSA) is 84.2 Å². The van der Waals surface area contributed by atoms with E-state index in [4.69, 9.17) is 0 Å². The molecule has 0 radical (unpaired) electrons. The number of hydrogen-bond donors (Lipinski definition) is 2. The molecule has 0 bridgehead atoms.